The van der Waals surface area contributed by atoms with Crippen LogP contribution in [0.5, 0.6) is 28.7 Å². The van der Waals surface area contributed by atoms with Crippen LogP contribution >= 0.6 is 0 Å². The second-order valence-electron chi connectivity index (χ2n) is 9.14. The Kier molecular flexibility index (Phi) is 7.00. The van der Waals surface area contributed by atoms with Crippen molar-refractivity contribution in [2.24, 2.45) is 0 Å². The molecule has 0 radical (unpaired) electrons. The average Bonchev–Trinajstić information content (AvgIpc) is 3.55. The average molecular weight is 499 g/mol. The van der Waals surface area contributed by atoms with E-state index >= 15 is 0 Å². The Balaban J connectivity index is 1.59. The molecule has 5 rings (SSSR count). The molecule has 0 fully saturated rings. The molecule has 0 aliphatic carbocycles. The second kappa shape index (κ2) is 10.3. The number of unbranched alkanes of at least 4 members (excludes halogenated alkanes) is 2. The summed E-state index contributed by atoms with van der Waals surface area (Å²) >= 11 is 0. The molecule has 194 valence electrons. The molecule has 2 atom stereocenters. The standard InChI is InChI=1S/C27H34N2O7/c1-5-6-7-11-28-27(30)29-12-10-16-13-20-25(36-15-35-20)26(33-4)21(16)22(29)24-17-8-9-19(31-2)23(32-3)18(17)14-34-24/h8-9,13,22,24H,5-7,10-12,14-15H2,1-4H3,(H,28,30)/t22-,24+/m1/s1. The maximum atomic E-state index is 13.5. The summed E-state index contributed by atoms with van der Waals surface area (Å²) in [5, 5.41) is 3.12. The van der Waals surface area contributed by atoms with Gasteiger partial charge in [-0.1, -0.05) is 25.8 Å². The number of hydrogen-bond donors (Lipinski definition) is 1. The number of fused-ring (bicyclic) bond motifs is 3. The number of nitrogens with zero attached hydrogens (tertiary/aromatic N) is 1. The van der Waals surface area contributed by atoms with Gasteiger partial charge in [-0.2, -0.15) is 0 Å². The second-order valence-corrected chi connectivity index (χ2v) is 9.14. The Labute approximate surface area is 211 Å². The fraction of sp³-hybridized carbons (Fsp3) is 0.519. The van der Waals surface area contributed by atoms with E-state index in [9.17, 15) is 4.79 Å². The number of nitrogens with one attached hydrogen (secondary N) is 1. The lowest BCUT2D eigenvalue weighted by atomic mass is 9.85. The van der Waals surface area contributed by atoms with Crippen LogP contribution in [-0.2, 0) is 17.8 Å². The van der Waals surface area contributed by atoms with Crippen LogP contribution in [0.15, 0.2) is 18.2 Å². The van der Waals surface area contributed by atoms with Crippen molar-refractivity contribution in [1.82, 2.24) is 10.2 Å². The van der Waals surface area contributed by atoms with E-state index in [0.29, 0.717) is 54.9 Å². The van der Waals surface area contributed by atoms with Crippen LogP contribution in [0, 0.1) is 0 Å². The molecular weight excluding hydrogens is 464 g/mol. The monoisotopic (exact) mass is 498 g/mol. The highest BCUT2D eigenvalue weighted by Crippen LogP contribution is 2.55. The van der Waals surface area contributed by atoms with Crippen LogP contribution in [0.1, 0.15) is 60.6 Å². The molecule has 1 N–H and O–H groups in total. The van der Waals surface area contributed by atoms with E-state index in [1.807, 2.05) is 23.1 Å². The zero-order valence-electron chi connectivity index (χ0n) is 21.3. The molecule has 0 saturated heterocycles. The molecule has 2 aromatic carbocycles. The SMILES string of the molecule is CCCCCNC(=O)N1CCc2cc3c(c(OC)c2[C@@H]1[C@H]1OCc2c1ccc(OC)c2OC)OCO3. The van der Waals surface area contributed by atoms with Crippen molar-refractivity contribution in [1.29, 1.82) is 0 Å². The number of amides is 2. The summed E-state index contributed by atoms with van der Waals surface area (Å²) in [7, 11) is 4.86. The van der Waals surface area contributed by atoms with Gasteiger partial charge in [0, 0.05) is 24.2 Å². The van der Waals surface area contributed by atoms with Gasteiger partial charge in [0.25, 0.3) is 0 Å². The quantitative estimate of drug-likeness (QED) is 0.536. The zero-order valence-corrected chi connectivity index (χ0v) is 21.3. The highest BCUT2D eigenvalue weighted by molar-refractivity contribution is 5.76. The molecule has 36 heavy (non-hydrogen) atoms. The number of hydrogen-bond acceptors (Lipinski definition) is 7. The lowest BCUT2D eigenvalue weighted by Gasteiger charge is -2.41. The summed E-state index contributed by atoms with van der Waals surface area (Å²) in [5.41, 5.74) is 3.85. The van der Waals surface area contributed by atoms with E-state index in [1.165, 1.54) is 0 Å². The normalized spacial score (nSPS) is 19.5. The predicted molar refractivity (Wildman–Crippen MR) is 132 cm³/mol. The van der Waals surface area contributed by atoms with E-state index in [0.717, 1.165) is 41.5 Å². The maximum absolute atomic E-state index is 13.5. The molecule has 3 aliphatic heterocycles. The number of rotatable bonds is 8. The van der Waals surface area contributed by atoms with Gasteiger partial charge in [0.15, 0.2) is 23.0 Å². The van der Waals surface area contributed by atoms with Crippen LogP contribution in [0.4, 0.5) is 4.79 Å². The number of urea groups is 1. The number of methoxy groups -OCH3 is 3. The Hall–Kier alpha value is -3.33. The largest absolute Gasteiger partial charge is 0.493 e. The van der Waals surface area contributed by atoms with Gasteiger partial charge in [-0.05, 0) is 36.1 Å². The van der Waals surface area contributed by atoms with Crippen molar-refractivity contribution >= 4 is 6.03 Å². The van der Waals surface area contributed by atoms with E-state index in [-0.39, 0.29) is 12.8 Å². The molecule has 9 heteroatoms. The summed E-state index contributed by atoms with van der Waals surface area (Å²) in [6, 6.07) is 5.35. The minimum absolute atomic E-state index is 0.112. The Bertz CT molecular complexity index is 1140. The molecule has 2 amide bonds. The van der Waals surface area contributed by atoms with Crippen molar-refractivity contribution < 1.29 is 33.2 Å². The van der Waals surface area contributed by atoms with Crippen molar-refractivity contribution in [2.45, 2.75) is 51.4 Å². The minimum Gasteiger partial charge on any atom is -0.493 e. The fourth-order valence-electron chi connectivity index (χ4n) is 5.51. The third-order valence-electron chi connectivity index (χ3n) is 7.20. The van der Waals surface area contributed by atoms with E-state index in [4.69, 9.17) is 28.4 Å². The van der Waals surface area contributed by atoms with Crippen LogP contribution in [0.3, 0.4) is 0 Å². The predicted octanol–water partition coefficient (Wildman–Crippen LogP) is 4.51. The molecule has 3 aliphatic rings. The summed E-state index contributed by atoms with van der Waals surface area (Å²) in [5.74, 6) is 3.13. The lowest BCUT2D eigenvalue weighted by Crippen LogP contribution is -2.47. The Morgan fingerprint density at radius 1 is 1.11 bits per heavy atom. The molecule has 0 aromatic heterocycles. The van der Waals surface area contributed by atoms with Crippen LogP contribution < -0.4 is 29.0 Å². The van der Waals surface area contributed by atoms with Gasteiger partial charge in [0.1, 0.15) is 6.10 Å². The highest BCUT2D eigenvalue weighted by atomic mass is 16.7. The molecule has 0 unspecified atom stereocenters. The summed E-state index contributed by atoms with van der Waals surface area (Å²) < 4.78 is 34.9. The maximum Gasteiger partial charge on any atom is 0.318 e. The van der Waals surface area contributed by atoms with Crippen molar-refractivity contribution in [2.75, 3.05) is 41.2 Å². The molecule has 0 bridgehead atoms. The Morgan fingerprint density at radius 2 is 1.94 bits per heavy atom. The first kappa shape index (κ1) is 24.4. The molecule has 0 saturated carbocycles. The van der Waals surface area contributed by atoms with Crippen LogP contribution in [0.25, 0.3) is 0 Å². The summed E-state index contributed by atoms with van der Waals surface area (Å²) in [6.45, 7) is 3.82. The van der Waals surface area contributed by atoms with Crippen molar-refractivity contribution in [3.05, 3.63) is 40.5 Å². The van der Waals surface area contributed by atoms with Gasteiger partial charge in [0.2, 0.25) is 12.5 Å². The van der Waals surface area contributed by atoms with Crippen molar-refractivity contribution in [3.63, 3.8) is 0 Å². The first-order chi connectivity index (χ1) is 17.6. The zero-order chi connectivity index (χ0) is 25.2. The van der Waals surface area contributed by atoms with Crippen LogP contribution in [-0.4, -0.2) is 52.1 Å². The fourth-order valence-corrected chi connectivity index (χ4v) is 5.51. The smallest absolute Gasteiger partial charge is 0.318 e. The number of carbonyl (C=O) groups is 1. The van der Waals surface area contributed by atoms with E-state index < -0.39 is 12.1 Å². The van der Waals surface area contributed by atoms with Gasteiger partial charge in [0.05, 0.1) is 34.0 Å². The van der Waals surface area contributed by atoms with E-state index in [1.54, 1.807) is 21.3 Å². The van der Waals surface area contributed by atoms with Crippen LogP contribution in [0.2, 0.25) is 0 Å². The van der Waals surface area contributed by atoms with E-state index in [2.05, 4.69) is 12.2 Å². The molecule has 0 spiro atoms. The first-order valence-electron chi connectivity index (χ1n) is 12.5. The number of benzene rings is 2. The molecule has 3 heterocycles. The first-order valence-corrected chi connectivity index (χ1v) is 12.5. The summed E-state index contributed by atoms with van der Waals surface area (Å²) in [4.78, 5) is 15.4. The van der Waals surface area contributed by atoms with Gasteiger partial charge in [-0.15, -0.1) is 0 Å². The number of ether oxygens (including phenoxy) is 6. The third-order valence-corrected chi connectivity index (χ3v) is 7.20. The van der Waals surface area contributed by atoms with Gasteiger partial charge in [-0.3, -0.25) is 0 Å². The Morgan fingerprint density at radius 3 is 2.69 bits per heavy atom. The third kappa shape index (κ3) is 4.05. The van der Waals surface area contributed by atoms with Gasteiger partial charge in [-0.25, -0.2) is 4.79 Å². The topological polar surface area (TPSA) is 87.7 Å². The molecule has 9 nitrogen and oxygen atoms in total. The molecular formula is C27H34N2O7. The van der Waals surface area contributed by atoms with Gasteiger partial charge < -0.3 is 38.6 Å². The summed E-state index contributed by atoms with van der Waals surface area (Å²) in [6.07, 6.45) is 3.36. The number of carbonyl (C=O) groups excluding carboxylic acids is 1. The van der Waals surface area contributed by atoms with Crippen molar-refractivity contribution in [3.8, 4) is 28.7 Å². The lowest BCUT2D eigenvalue weighted by molar-refractivity contribution is -0.000257. The van der Waals surface area contributed by atoms with Gasteiger partial charge >= 0.3 is 6.03 Å². The molecule has 2 aromatic rings. The highest BCUT2D eigenvalue weighted by Gasteiger charge is 2.45. The minimum atomic E-state index is -0.427.